The molecule has 5 heteroatoms. The SMILES string of the molecule is CC(N)CC(=O)Nc1ccc(Cl)cc1I. The Morgan fingerprint density at radius 3 is 2.87 bits per heavy atom. The molecule has 0 radical (unpaired) electrons. The third-order valence-corrected chi connectivity index (χ3v) is 2.84. The summed E-state index contributed by atoms with van der Waals surface area (Å²) in [5, 5.41) is 3.44. The molecule has 15 heavy (non-hydrogen) atoms. The van der Waals surface area contributed by atoms with E-state index in [1.165, 1.54) is 0 Å². The van der Waals surface area contributed by atoms with Crippen molar-refractivity contribution in [1.29, 1.82) is 0 Å². The number of nitrogens with two attached hydrogens (primary N) is 1. The highest BCUT2D eigenvalue weighted by Gasteiger charge is 2.07. The molecule has 1 unspecified atom stereocenters. The van der Waals surface area contributed by atoms with E-state index in [1.807, 2.05) is 0 Å². The van der Waals surface area contributed by atoms with Gasteiger partial charge in [-0.2, -0.15) is 0 Å². The van der Waals surface area contributed by atoms with Gasteiger partial charge in [-0.25, -0.2) is 0 Å². The van der Waals surface area contributed by atoms with E-state index < -0.39 is 0 Å². The van der Waals surface area contributed by atoms with E-state index in [-0.39, 0.29) is 11.9 Å². The number of carbonyl (C=O) groups is 1. The van der Waals surface area contributed by atoms with Crippen molar-refractivity contribution in [3.8, 4) is 0 Å². The molecule has 1 aromatic rings. The Balaban J connectivity index is 2.68. The summed E-state index contributed by atoms with van der Waals surface area (Å²) in [6.45, 7) is 1.80. The molecule has 1 atom stereocenters. The van der Waals surface area contributed by atoms with Crippen LogP contribution in [0.5, 0.6) is 0 Å². The lowest BCUT2D eigenvalue weighted by molar-refractivity contribution is -0.116. The monoisotopic (exact) mass is 338 g/mol. The van der Waals surface area contributed by atoms with E-state index in [0.29, 0.717) is 11.4 Å². The van der Waals surface area contributed by atoms with Crippen LogP contribution in [0.4, 0.5) is 5.69 Å². The van der Waals surface area contributed by atoms with Crippen molar-refractivity contribution >= 4 is 45.8 Å². The number of rotatable bonds is 3. The van der Waals surface area contributed by atoms with Crippen molar-refractivity contribution in [1.82, 2.24) is 0 Å². The van der Waals surface area contributed by atoms with E-state index in [4.69, 9.17) is 17.3 Å². The molecular formula is C10H12ClIN2O. The second kappa shape index (κ2) is 5.67. The molecule has 1 rings (SSSR count). The van der Waals surface area contributed by atoms with Gasteiger partial charge in [0.05, 0.1) is 5.69 Å². The second-order valence-corrected chi connectivity index (χ2v) is 4.95. The van der Waals surface area contributed by atoms with E-state index in [9.17, 15) is 4.79 Å². The topological polar surface area (TPSA) is 55.1 Å². The highest BCUT2D eigenvalue weighted by molar-refractivity contribution is 14.1. The lowest BCUT2D eigenvalue weighted by atomic mass is 10.2. The van der Waals surface area contributed by atoms with Crippen LogP contribution in [0.2, 0.25) is 5.02 Å². The van der Waals surface area contributed by atoms with Crippen LogP contribution in [-0.2, 0) is 4.79 Å². The van der Waals surface area contributed by atoms with Gasteiger partial charge in [0.2, 0.25) is 5.91 Å². The Morgan fingerprint density at radius 2 is 2.33 bits per heavy atom. The Bertz CT molecular complexity index is 368. The lowest BCUT2D eigenvalue weighted by Crippen LogP contribution is -2.24. The standard InChI is InChI=1S/C10H12ClIN2O/c1-6(13)4-10(15)14-9-3-2-7(11)5-8(9)12/h2-3,5-6H,4,13H2,1H3,(H,14,15). The molecule has 0 aliphatic carbocycles. The summed E-state index contributed by atoms with van der Waals surface area (Å²) < 4.78 is 0.915. The minimum absolute atomic E-state index is 0.0785. The van der Waals surface area contributed by atoms with E-state index in [2.05, 4.69) is 27.9 Å². The third-order valence-electron chi connectivity index (χ3n) is 1.71. The first kappa shape index (κ1) is 12.7. The average molecular weight is 339 g/mol. The van der Waals surface area contributed by atoms with Crippen LogP contribution in [0.15, 0.2) is 18.2 Å². The number of halogens is 2. The molecule has 3 nitrogen and oxygen atoms in total. The van der Waals surface area contributed by atoms with E-state index >= 15 is 0 Å². The Hall–Kier alpha value is -0.330. The Kier molecular flexibility index (Phi) is 4.82. The minimum Gasteiger partial charge on any atom is -0.327 e. The van der Waals surface area contributed by atoms with Crippen LogP contribution in [0.25, 0.3) is 0 Å². The smallest absolute Gasteiger partial charge is 0.225 e. The number of hydrogen-bond donors (Lipinski definition) is 2. The highest BCUT2D eigenvalue weighted by Crippen LogP contribution is 2.22. The molecular weight excluding hydrogens is 326 g/mol. The third kappa shape index (κ3) is 4.36. The van der Waals surface area contributed by atoms with Crippen molar-refractivity contribution in [3.63, 3.8) is 0 Å². The maximum absolute atomic E-state index is 11.4. The van der Waals surface area contributed by atoms with Gasteiger partial charge in [-0.1, -0.05) is 11.6 Å². The van der Waals surface area contributed by atoms with Crippen molar-refractivity contribution < 1.29 is 4.79 Å². The van der Waals surface area contributed by atoms with Crippen LogP contribution in [0.3, 0.4) is 0 Å². The molecule has 1 aromatic carbocycles. The predicted octanol–water partition coefficient (Wildman–Crippen LogP) is 2.62. The van der Waals surface area contributed by atoms with Crippen LogP contribution in [0.1, 0.15) is 13.3 Å². The van der Waals surface area contributed by atoms with Crippen LogP contribution in [-0.4, -0.2) is 11.9 Å². The normalized spacial score (nSPS) is 12.3. The first-order valence-corrected chi connectivity index (χ1v) is 5.95. The molecule has 0 fully saturated rings. The molecule has 82 valence electrons. The maximum atomic E-state index is 11.4. The summed E-state index contributed by atoms with van der Waals surface area (Å²) >= 11 is 7.92. The number of benzene rings is 1. The fraction of sp³-hybridized carbons (Fsp3) is 0.300. The number of anilines is 1. The van der Waals surface area contributed by atoms with Gasteiger partial charge in [0.25, 0.3) is 0 Å². The molecule has 0 spiro atoms. The van der Waals surface area contributed by atoms with Gasteiger partial charge in [-0.05, 0) is 47.7 Å². The molecule has 0 saturated carbocycles. The summed E-state index contributed by atoms with van der Waals surface area (Å²) in [6, 6.07) is 5.19. The molecule has 0 saturated heterocycles. The zero-order chi connectivity index (χ0) is 11.4. The summed E-state index contributed by atoms with van der Waals surface area (Å²) in [5.41, 5.74) is 6.29. The summed E-state index contributed by atoms with van der Waals surface area (Å²) in [5.74, 6) is -0.0785. The molecule has 0 aromatic heterocycles. The lowest BCUT2D eigenvalue weighted by Gasteiger charge is -2.09. The molecule has 0 aliphatic rings. The molecule has 0 aliphatic heterocycles. The van der Waals surface area contributed by atoms with Gasteiger partial charge in [0, 0.05) is 21.1 Å². The fourth-order valence-corrected chi connectivity index (χ4v) is 2.09. The summed E-state index contributed by atoms with van der Waals surface area (Å²) in [4.78, 5) is 11.4. The number of carbonyl (C=O) groups excluding carboxylic acids is 1. The van der Waals surface area contributed by atoms with Gasteiger partial charge < -0.3 is 11.1 Å². The second-order valence-electron chi connectivity index (χ2n) is 3.35. The first-order chi connectivity index (χ1) is 6.99. The maximum Gasteiger partial charge on any atom is 0.225 e. The number of hydrogen-bond acceptors (Lipinski definition) is 2. The van der Waals surface area contributed by atoms with Gasteiger partial charge >= 0.3 is 0 Å². The zero-order valence-electron chi connectivity index (χ0n) is 8.26. The van der Waals surface area contributed by atoms with E-state index in [1.54, 1.807) is 25.1 Å². The molecule has 0 heterocycles. The van der Waals surface area contributed by atoms with E-state index in [0.717, 1.165) is 9.26 Å². The van der Waals surface area contributed by atoms with Crippen molar-refractivity contribution in [2.75, 3.05) is 5.32 Å². The minimum atomic E-state index is -0.130. The first-order valence-electron chi connectivity index (χ1n) is 4.49. The molecule has 3 N–H and O–H groups in total. The van der Waals surface area contributed by atoms with Gasteiger partial charge in [-0.15, -0.1) is 0 Å². The zero-order valence-corrected chi connectivity index (χ0v) is 11.2. The van der Waals surface area contributed by atoms with Gasteiger partial charge in [0.1, 0.15) is 0 Å². The highest BCUT2D eigenvalue weighted by atomic mass is 127. The quantitative estimate of drug-likeness (QED) is 0.833. The Morgan fingerprint density at radius 1 is 1.67 bits per heavy atom. The van der Waals surface area contributed by atoms with Gasteiger partial charge in [-0.3, -0.25) is 4.79 Å². The van der Waals surface area contributed by atoms with Gasteiger partial charge in [0.15, 0.2) is 0 Å². The van der Waals surface area contributed by atoms with Crippen LogP contribution in [0, 0.1) is 3.57 Å². The molecule has 0 bridgehead atoms. The van der Waals surface area contributed by atoms with Crippen LogP contribution < -0.4 is 11.1 Å². The number of amides is 1. The van der Waals surface area contributed by atoms with Crippen LogP contribution >= 0.6 is 34.2 Å². The van der Waals surface area contributed by atoms with Crippen molar-refractivity contribution in [2.45, 2.75) is 19.4 Å². The Labute approximate surface area is 108 Å². The summed E-state index contributed by atoms with van der Waals surface area (Å²) in [7, 11) is 0. The number of nitrogens with one attached hydrogen (secondary N) is 1. The summed E-state index contributed by atoms with van der Waals surface area (Å²) in [6.07, 6.45) is 0.318. The molecule has 1 amide bonds. The fourth-order valence-electron chi connectivity index (χ4n) is 1.08. The predicted molar refractivity (Wildman–Crippen MR) is 71.1 cm³/mol. The largest absolute Gasteiger partial charge is 0.327 e. The average Bonchev–Trinajstić information content (AvgIpc) is 2.08. The van der Waals surface area contributed by atoms with Crippen molar-refractivity contribution in [3.05, 3.63) is 26.8 Å². The van der Waals surface area contributed by atoms with Crippen molar-refractivity contribution in [2.24, 2.45) is 5.73 Å².